The molecule has 2 aliphatic rings. The van der Waals surface area contributed by atoms with E-state index in [1.807, 2.05) is 7.05 Å². The number of hydrazine groups is 1. The zero-order valence-electron chi connectivity index (χ0n) is 8.76. The van der Waals surface area contributed by atoms with Crippen LogP contribution in [0.5, 0.6) is 0 Å². The predicted octanol–water partition coefficient (Wildman–Crippen LogP) is 1.10. The van der Waals surface area contributed by atoms with Crippen molar-refractivity contribution in [3.8, 4) is 0 Å². The summed E-state index contributed by atoms with van der Waals surface area (Å²) in [6.45, 7) is 2.47. The van der Waals surface area contributed by atoms with Crippen LogP contribution in [0.15, 0.2) is 0 Å². The summed E-state index contributed by atoms with van der Waals surface area (Å²) in [7, 11) is 1.96. The highest BCUT2D eigenvalue weighted by molar-refractivity contribution is 4.66. The van der Waals surface area contributed by atoms with Crippen molar-refractivity contribution in [1.29, 1.82) is 0 Å². The summed E-state index contributed by atoms with van der Waals surface area (Å²) >= 11 is 0. The summed E-state index contributed by atoms with van der Waals surface area (Å²) < 4.78 is 0. The first-order valence-corrected chi connectivity index (χ1v) is 5.51. The molecule has 13 heavy (non-hydrogen) atoms. The Morgan fingerprint density at radius 2 is 1.69 bits per heavy atom. The average Bonchev–Trinajstić information content (AvgIpc) is 2.04. The first-order valence-electron chi connectivity index (χ1n) is 5.51. The van der Waals surface area contributed by atoms with Crippen LogP contribution in [-0.2, 0) is 0 Å². The van der Waals surface area contributed by atoms with Gasteiger partial charge in [-0.25, -0.2) is 5.01 Å². The Hall–Kier alpha value is -0.120. The Bertz CT molecular complexity index is 115. The van der Waals surface area contributed by atoms with Gasteiger partial charge in [-0.3, -0.25) is 5.43 Å². The molecule has 0 radical (unpaired) electrons. The summed E-state index contributed by atoms with van der Waals surface area (Å²) in [5.74, 6) is 0. The van der Waals surface area contributed by atoms with Gasteiger partial charge in [0.1, 0.15) is 0 Å². The molecular weight excluding hydrogens is 162 g/mol. The van der Waals surface area contributed by atoms with E-state index in [-0.39, 0.29) is 0 Å². The first-order chi connectivity index (χ1) is 6.33. The third-order valence-corrected chi connectivity index (χ3v) is 2.82. The van der Waals surface area contributed by atoms with E-state index in [9.17, 15) is 0 Å². The van der Waals surface area contributed by atoms with Gasteiger partial charge in [0.2, 0.25) is 0 Å². The molecule has 1 aliphatic carbocycles. The lowest BCUT2D eigenvalue weighted by atomic mass is 9.97. The molecule has 0 amide bonds. The molecule has 2 fully saturated rings. The van der Waals surface area contributed by atoms with Gasteiger partial charge in [0.15, 0.2) is 0 Å². The van der Waals surface area contributed by atoms with E-state index < -0.39 is 0 Å². The molecule has 0 spiro atoms. The van der Waals surface area contributed by atoms with Crippen molar-refractivity contribution >= 4 is 0 Å². The van der Waals surface area contributed by atoms with Crippen molar-refractivity contribution in [3.63, 3.8) is 0 Å². The highest BCUT2D eigenvalue weighted by Gasteiger charge is 2.09. The van der Waals surface area contributed by atoms with Gasteiger partial charge in [0.05, 0.1) is 0 Å². The summed E-state index contributed by atoms with van der Waals surface area (Å²) in [6.07, 6.45) is 8.02. The minimum Gasteiger partial charge on any atom is -0.328 e. The predicted molar refractivity (Wildman–Crippen MR) is 56.3 cm³/mol. The van der Waals surface area contributed by atoms with Gasteiger partial charge in [-0.1, -0.05) is 19.3 Å². The molecule has 1 heterocycles. The van der Waals surface area contributed by atoms with E-state index in [1.165, 1.54) is 51.6 Å². The molecule has 2 rings (SSSR count). The van der Waals surface area contributed by atoms with Crippen LogP contribution in [0.1, 0.15) is 38.5 Å². The van der Waals surface area contributed by atoms with Crippen LogP contribution in [0.25, 0.3) is 0 Å². The lowest BCUT2D eigenvalue weighted by molar-refractivity contribution is 0.124. The van der Waals surface area contributed by atoms with E-state index in [0.717, 1.165) is 0 Å². The molecule has 0 aromatic heterocycles. The van der Waals surface area contributed by atoms with Crippen molar-refractivity contribution in [1.82, 2.24) is 10.4 Å². The Morgan fingerprint density at radius 3 is 1.85 bits per heavy atom. The van der Waals surface area contributed by atoms with Crippen LogP contribution < -0.4 is 11.2 Å². The molecule has 0 bridgehead atoms. The highest BCUT2D eigenvalue weighted by atomic mass is 15.5. The maximum Gasteiger partial charge on any atom is 0.0143 e. The van der Waals surface area contributed by atoms with Gasteiger partial charge in [-0.15, -0.1) is 0 Å². The van der Waals surface area contributed by atoms with Crippen molar-refractivity contribution in [2.75, 3.05) is 20.1 Å². The molecule has 0 aromatic rings. The molecule has 3 N–H and O–H groups in total. The van der Waals surface area contributed by atoms with Crippen LogP contribution in [-0.4, -0.2) is 31.2 Å². The second-order valence-corrected chi connectivity index (χ2v) is 3.96. The maximum absolute atomic E-state index is 5.63. The first kappa shape index (κ1) is 11.0. The second-order valence-electron chi connectivity index (χ2n) is 3.96. The molecule has 0 aromatic carbocycles. The molecule has 0 atom stereocenters. The zero-order valence-corrected chi connectivity index (χ0v) is 8.76. The summed E-state index contributed by atoms with van der Waals surface area (Å²) in [5.41, 5.74) is 8.67. The molecule has 1 aliphatic heterocycles. The van der Waals surface area contributed by atoms with E-state index in [1.54, 1.807) is 0 Å². The minimum atomic E-state index is 0.536. The van der Waals surface area contributed by atoms with Crippen LogP contribution in [0.2, 0.25) is 0 Å². The SMILES string of the molecule is CNN1CCC1.NC1CCCCC1. The fourth-order valence-corrected chi connectivity index (χ4v) is 1.67. The summed E-state index contributed by atoms with van der Waals surface area (Å²) in [4.78, 5) is 0. The summed E-state index contributed by atoms with van der Waals surface area (Å²) in [6, 6.07) is 0.536. The van der Waals surface area contributed by atoms with Gasteiger partial charge in [-0.05, 0) is 26.3 Å². The number of nitrogens with one attached hydrogen (secondary N) is 1. The number of hydrogen-bond donors (Lipinski definition) is 2. The molecule has 1 saturated heterocycles. The lowest BCUT2D eigenvalue weighted by Crippen LogP contribution is -2.45. The Balaban J connectivity index is 0.000000132. The van der Waals surface area contributed by atoms with Crippen LogP contribution >= 0.6 is 0 Å². The Labute approximate surface area is 81.6 Å². The Morgan fingerprint density at radius 1 is 1.08 bits per heavy atom. The molecular formula is C10H23N3. The standard InChI is InChI=1S/C6H13N.C4H10N2/c7-6-4-2-1-3-5-6;1-5-6-3-2-4-6/h6H,1-5,7H2;5H,2-4H2,1H3. The monoisotopic (exact) mass is 185 g/mol. The molecule has 3 heteroatoms. The maximum atomic E-state index is 5.63. The quantitative estimate of drug-likeness (QED) is 0.643. The molecule has 3 nitrogen and oxygen atoms in total. The van der Waals surface area contributed by atoms with E-state index in [2.05, 4.69) is 10.4 Å². The van der Waals surface area contributed by atoms with Crippen molar-refractivity contribution in [2.45, 2.75) is 44.6 Å². The van der Waals surface area contributed by atoms with Crippen molar-refractivity contribution in [2.24, 2.45) is 5.73 Å². The van der Waals surface area contributed by atoms with E-state index in [0.29, 0.717) is 6.04 Å². The Kier molecular flexibility index (Phi) is 5.35. The van der Waals surface area contributed by atoms with Crippen molar-refractivity contribution in [3.05, 3.63) is 0 Å². The van der Waals surface area contributed by atoms with Crippen molar-refractivity contribution < 1.29 is 0 Å². The second kappa shape index (κ2) is 6.35. The minimum absolute atomic E-state index is 0.536. The fourth-order valence-electron chi connectivity index (χ4n) is 1.67. The van der Waals surface area contributed by atoms with Crippen LogP contribution in [0.3, 0.4) is 0 Å². The average molecular weight is 185 g/mol. The van der Waals surface area contributed by atoms with E-state index in [4.69, 9.17) is 5.73 Å². The third kappa shape index (κ3) is 4.60. The fraction of sp³-hybridized carbons (Fsp3) is 1.00. The normalized spacial score (nSPS) is 24.5. The number of hydrogen-bond acceptors (Lipinski definition) is 3. The van der Waals surface area contributed by atoms with Gasteiger partial charge in [0.25, 0.3) is 0 Å². The molecule has 0 unspecified atom stereocenters. The highest BCUT2D eigenvalue weighted by Crippen LogP contribution is 2.14. The van der Waals surface area contributed by atoms with E-state index >= 15 is 0 Å². The number of rotatable bonds is 1. The topological polar surface area (TPSA) is 41.3 Å². The smallest absolute Gasteiger partial charge is 0.0143 e. The number of nitrogens with zero attached hydrogens (tertiary/aromatic N) is 1. The third-order valence-electron chi connectivity index (χ3n) is 2.82. The van der Waals surface area contributed by atoms with Crippen LogP contribution in [0.4, 0.5) is 0 Å². The van der Waals surface area contributed by atoms with Gasteiger partial charge < -0.3 is 5.73 Å². The van der Waals surface area contributed by atoms with Crippen LogP contribution in [0, 0.1) is 0 Å². The molecule has 1 saturated carbocycles. The largest absolute Gasteiger partial charge is 0.328 e. The number of nitrogens with two attached hydrogens (primary N) is 1. The van der Waals surface area contributed by atoms with Gasteiger partial charge >= 0.3 is 0 Å². The summed E-state index contributed by atoms with van der Waals surface area (Å²) in [5, 5.41) is 2.18. The lowest BCUT2D eigenvalue weighted by Gasteiger charge is -2.28. The van der Waals surface area contributed by atoms with Gasteiger partial charge in [0, 0.05) is 19.1 Å². The zero-order chi connectivity index (χ0) is 9.52. The molecule has 78 valence electrons. The van der Waals surface area contributed by atoms with Gasteiger partial charge in [-0.2, -0.15) is 0 Å².